The zero-order chi connectivity index (χ0) is 18.4. The predicted molar refractivity (Wildman–Crippen MR) is 103 cm³/mol. The first-order chi connectivity index (χ1) is 13.2. The lowest BCUT2D eigenvalue weighted by Gasteiger charge is -2.32. The van der Waals surface area contributed by atoms with Crippen LogP contribution >= 0.6 is 0 Å². The fourth-order valence-electron chi connectivity index (χ4n) is 3.87. The molecule has 0 radical (unpaired) electrons. The van der Waals surface area contributed by atoms with Gasteiger partial charge in [0.15, 0.2) is 17.3 Å². The Balaban J connectivity index is 1.36. The minimum atomic E-state index is 0.363. The summed E-state index contributed by atoms with van der Waals surface area (Å²) in [4.78, 5) is 13.6. The van der Waals surface area contributed by atoms with Gasteiger partial charge in [-0.15, -0.1) is 15.3 Å². The summed E-state index contributed by atoms with van der Waals surface area (Å²) in [6.45, 7) is 1.93. The molecule has 0 bridgehead atoms. The van der Waals surface area contributed by atoms with Gasteiger partial charge in [-0.2, -0.15) is 4.52 Å². The average Bonchev–Trinajstić information content (AvgIpc) is 3.47. The van der Waals surface area contributed by atoms with Crippen LogP contribution in [0.25, 0.3) is 5.65 Å². The first-order valence-electron chi connectivity index (χ1n) is 9.66. The molecule has 0 spiro atoms. The normalized spacial score (nSPS) is 18.2. The first kappa shape index (κ1) is 16.4. The van der Waals surface area contributed by atoms with E-state index >= 15 is 0 Å². The van der Waals surface area contributed by atoms with Crippen LogP contribution in [0.15, 0.2) is 24.5 Å². The number of aromatic nitrogens is 6. The SMILES string of the molecule is CN(C)c1ccc2nnc(C3CCN(c4nccnc4C4CC4)CC3)n2n1. The average molecular weight is 364 g/mol. The molecule has 3 aromatic heterocycles. The second-order valence-electron chi connectivity index (χ2n) is 7.71. The van der Waals surface area contributed by atoms with Gasteiger partial charge >= 0.3 is 0 Å². The summed E-state index contributed by atoms with van der Waals surface area (Å²) >= 11 is 0. The van der Waals surface area contributed by atoms with E-state index in [2.05, 4.69) is 25.1 Å². The Morgan fingerprint density at radius 1 is 0.926 bits per heavy atom. The van der Waals surface area contributed by atoms with Crippen LogP contribution in [-0.4, -0.2) is 57.0 Å². The van der Waals surface area contributed by atoms with Crippen LogP contribution in [0.3, 0.4) is 0 Å². The number of anilines is 2. The number of hydrogen-bond donors (Lipinski definition) is 0. The molecular formula is C19H24N8. The lowest BCUT2D eigenvalue weighted by molar-refractivity contribution is 0.474. The molecule has 1 aliphatic carbocycles. The Bertz CT molecular complexity index is 953. The van der Waals surface area contributed by atoms with Crippen LogP contribution in [0.5, 0.6) is 0 Å². The lowest BCUT2D eigenvalue weighted by Crippen LogP contribution is -2.35. The third-order valence-corrected chi connectivity index (χ3v) is 5.56. The van der Waals surface area contributed by atoms with E-state index in [1.807, 2.05) is 48.0 Å². The highest BCUT2D eigenvalue weighted by atomic mass is 15.4. The highest BCUT2D eigenvalue weighted by molar-refractivity contribution is 5.47. The first-order valence-corrected chi connectivity index (χ1v) is 9.66. The summed E-state index contributed by atoms with van der Waals surface area (Å²) in [7, 11) is 3.99. The minimum absolute atomic E-state index is 0.363. The Labute approximate surface area is 158 Å². The number of nitrogens with zero attached hydrogens (tertiary/aromatic N) is 8. The van der Waals surface area contributed by atoms with Crippen LogP contribution < -0.4 is 9.80 Å². The monoisotopic (exact) mass is 364 g/mol. The maximum Gasteiger partial charge on any atom is 0.178 e. The molecule has 1 saturated heterocycles. The van der Waals surface area contributed by atoms with Crippen molar-refractivity contribution in [1.29, 1.82) is 0 Å². The number of rotatable bonds is 4. The van der Waals surface area contributed by atoms with Crippen molar-refractivity contribution in [2.24, 2.45) is 0 Å². The topological polar surface area (TPSA) is 75.3 Å². The fourth-order valence-corrected chi connectivity index (χ4v) is 3.87. The van der Waals surface area contributed by atoms with Crippen molar-refractivity contribution >= 4 is 17.3 Å². The number of piperidine rings is 1. The van der Waals surface area contributed by atoms with Gasteiger partial charge in [0, 0.05) is 51.4 Å². The molecular weight excluding hydrogens is 340 g/mol. The van der Waals surface area contributed by atoms with Crippen molar-refractivity contribution in [3.63, 3.8) is 0 Å². The highest BCUT2D eigenvalue weighted by Crippen LogP contribution is 2.43. The second-order valence-corrected chi connectivity index (χ2v) is 7.71. The van der Waals surface area contributed by atoms with Crippen molar-refractivity contribution in [3.8, 4) is 0 Å². The molecule has 140 valence electrons. The summed E-state index contributed by atoms with van der Waals surface area (Å²) in [6.07, 6.45) is 8.17. The van der Waals surface area contributed by atoms with Gasteiger partial charge in [-0.3, -0.25) is 4.98 Å². The van der Waals surface area contributed by atoms with Crippen molar-refractivity contribution in [3.05, 3.63) is 36.0 Å². The van der Waals surface area contributed by atoms with Crippen molar-refractivity contribution in [2.75, 3.05) is 37.0 Å². The minimum Gasteiger partial charge on any atom is -0.361 e. The van der Waals surface area contributed by atoms with Crippen LogP contribution in [0.4, 0.5) is 11.6 Å². The van der Waals surface area contributed by atoms with E-state index in [0.717, 1.165) is 49.0 Å². The Hall–Kier alpha value is -2.77. The molecule has 1 aliphatic heterocycles. The molecule has 27 heavy (non-hydrogen) atoms. The van der Waals surface area contributed by atoms with Gasteiger partial charge in [0.25, 0.3) is 0 Å². The van der Waals surface area contributed by atoms with Crippen molar-refractivity contribution in [1.82, 2.24) is 29.8 Å². The van der Waals surface area contributed by atoms with E-state index in [9.17, 15) is 0 Å². The van der Waals surface area contributed by atoms with E-state index in [4.69, 9.17) is 5.10 Å². The van der Waals surface area contributed by atoms with E-state index in [0.29, 0.717) is 11.8 Å². The molecule has 4 heterocycles. The van der Waals surface area contributed by atoms with Crippen LogP contribution in [-0.2, 0) is 0 Å². The van der Waals surface area contributed by atoms with E-state index in [1.54, 1.807) is 0 Å². The molecule has 1 saturated carbocycles. The van der Waals surface area contributed by atoms with Gasteiger partial charge in [-0.05, 0) is 37.8 Å². The molecule has 8 heteroatoms. The van der Waals surface area contributed by atoms with Gasteiger partial charge in [0.05, 0.1) is 5.69 Å². The molecule has 0 amide bonds. The van der Waals surface area contributed by atoms with Gasteiger partial charge in [0.2, 0.25) is 0 Å². The van der Waals surface area contributed by atoms with Gasteiger partial charge in [-0.25, -0.2) is 4.98 Å². The third kappa shape index (κ3) is 2.98. The number of fused-ring (bicyclic) bond motifs is 1. The molecule has 0 unspecified atom stereocenters. The molecule has 0 N–H and O–H groups in total. The van der Waals surface area contributed by atoms with Gasteiger partial charge < -0.3 is 9.80 Å². The predicted octanol–water partition coefficient (Wildman–Crippen LogP) is 2.24. The van der Waals surface area contributed by atoms with E-state index in [-0.39, 0.29) is 0 Å². The summed E-state index contributed by atoms with van der Waals surface area (Å²) in [6, 6.07) is 3.96. The summed E-state index contributed by atoms with van der Waals surface area (Å²) in [5.74, 6) is 3.94. The third-order valence-electron chi connectivity index (χ3n) is 5.56. The summed E-state index contributed by atoms with van der Waals surface area (Å²) < 4.78 is 1.91. The van der Waals surface area contributed by atoms with Crippen LogP contribution in [0.2, 0.25) is 0 Å². The zero-order valence-electron chi connectivity index (χ0n) is 15.8. The largest absolute Gasteiger partial charge is 0.361 e. The van der Waals surface area contributed by atoms with Crippen LogP contribution in [0, 0.1) is 0 Å². The smallest absolute Gasteiger partial charge is 0.178 e. The molecule has 8 nitrogen and oxygen atoms in total. The van der Waals surface area contributed by atoms with E-state index < -0.39 is 0 Å². The molecule has 3 aromatic rings. The molecule has 2 fully saturated rings. The maximum absolute atomic E-state index is 4.71. The Kier molecular flexibility index (Phi) is 3.91. The van der Waals surface area contributed by atoms with Gasteiger partial charge in [0.1, 0.15) is 5.82 Å². The fraction of sp³-hybridized carbons (Fsp3) is 0.526. The highest BCUT2D eigenvalue weighted by Gasteiger charge is 2.32. The quantitative estimate of drug-likeness (QED) is 0.703. The summed E-state index contributed by atoms with van der Waals surface area (Å²) in [5.41, 5.74) is 1.99. The maximum atomic E-state index is 4.71. The number of hydrogen-bond acceptors (Lipinski definition) is 7. The van der Waals surface area contributed by atoms with Crippen molar-refractivity contribution in [2.45, 2.75) is 37.5 Å². The van der Waals surface area contributed by atoms with Crippen LogP contribution in [0.1, 0.15) is 49.0 Å². The molecule has 0 atom stereocenters. The molecule has 0 aromatic carbocycles. The summed E-state index contributed by atoms with van der Waals surface area (Å²) in [5, 5.41) is 13.5. The van der Waals surface area contributed by atoms with E-state index in [1.165, 1.54) is 18.5 Å². The second kappa shape index (κ2) is 6.44. The standard InChI is InChI=1S/C19H24N8/c1-25(2)16-6-5-15-22-23-18(27(15)24-16)14-7-11-26(12-8-14)19-17(13-3-4-13)20-9-10-21-19/h5-6,9-10,13-14H,3-4,7-8,11-12H2,1-2H3. The van der Waals surface area contributed by atoms with Crippen molar-refractivity contribution < 1.29 is 0 Å². The Morgan fingerprint density at radius 2 is 1.70 bits per heavy atom. The Morgan fingerprint density at radius 3 is 2.44 bits per heavy atom. The molecule has 2 aliphatic rings. The molecule has 5 rings (SSSR count). The van der Waals surface area contributed by atoms with Gasteiger partial charge in [-0.1, -0.05) is 0 Å². The zero-order valence-corrected chi connectivity index (χ0v) is 15.8. The lowest BCUT2D eigenvalue weighted by atomic mass is 9.96.